The third-order valence-electron chi connectivity index (χ3n) is 2.35. The highest BCUT2D eigenvalue weighted by molar-refractivity contribution is 6.79. The molecule has 0 aromatic heterocycles. The molecule has 0 saturated carbocycles. The van der Waals surface area contributed by atoms with Crippen LogP contribution in [0.2, 0.25) is 19.6 Å². The zero-order valence-electron chi connectivity index (χ0n) is 8.88. The molecule has 76 valence electrons. The van der Waals surface area contributed by atoms with Crippen molar-refractivity contribution < 1.29 is 15.0 Å². The van der Waals surface area contributed by atoms with Crippen molar-refractivity contribution in [1.82, 2.24) is 0 Å². The van der Waals surface area contributed by atoms with Crippen LogP contribution in [-0.4, -0.2) is 29.5 Å². The number of aliphatic hydroxyl groups is 1. The van der Waals surface area contributed by atoms with Gasteiger partial charge in [-0.3, -0.25) is 0 Å². The van der Waals surface area contributed by atoms with Crippen molar-refractivity contribution in [1.29, 1.82) is 0 Å². The fourth-order valence-corrected chi connectivity index (χ4v) is 1.35. The molecular formula is C9H18O3Si. The van der Waals surface area contributed by atoms with Crippen LogP contribution in [-0.2, 0) is 4.79 Å². The summed E-state index contributed by atoms with van der Waals surface area (Å²) >= 11 is 0. The Morgan fingerprint density at radius 2 is 1.77 bits per heavy atom. The number of carboxylic acid groups (broad SMARTS) is 1. The molecule has 0 bridgehead atoms. The second-order valence-corrected chi connectivity index (χ2v) is 10.0. The van der Waals surface area contributed by atoms with Crippen LogP contribution in [0.25, 0.3) is 0 Å². The van der Waals surface area contributed by atoms with Gasteiger partial charge in [0.1, 0.15) is 0 Å². The summed E-state index contributed by atoms with van der Waals surface area (Å²) in [5, 5.41) is 17.7. The van der Waals surface area contributed by atoms with Crippen molar-refractivity contribution in [3.05, 3.63) is 11.6 Å². The topological polar surface area (TPSA) is 57.5 Å². The van der Waals surface area contributed by atoms with Gasteiger partial charge in [0, 0.05) is 5.57 Å². The first-order valence-electron chi connectivity index (χ1n) is 4.23. The molecule has 0 aliphatic rings. The molecule has 0 amide bonds. The number of carboxylic acids is 1. The molecule has 1 unspecified atom stereocenters. The third-order valence-corrected chi connectivity index (χ3v) is 5.53. The van der Waals surface area contributed by atoms with Gasteiger partial charge < -0.3 is 10.2 Å². The summed E-state index contributed by atoms with van der Waals surface area (Å²) in [7, 11) is -1.78. The highest BCUT2D eigenvalue weighted by atomic mass is 28.3. The molecule has 0 aliphatic heterocycles. The van der Waals surface area contributed by atoms with Crippen LogP contribution in [0.5, 0.6) is 0 Å². The molecule has 2 N–H and O–H groups in total. The Labute approximate surface area is 80.1 Å². The largest absolute Gasteiger partial charge is 0.478 e. The highest BCUT2D eigenvalue weighted by Gasteiger charge is 2.35. The Morgan fingerprint density at radius 3 is 2.00 bits per heavy atom. The smallest absolute Gasteiger partial charge is 0.331 e. The number of hydrogen-bond donors (Lipinski definition) is 2. The van der Waals surface area contributed by atoms with Crippen LogP contribution in [0.15, 0.2) is 11.6 Å². The van der Waals surface area contributed by atoms with Crippen LogP contribution in [0.4, 0.5) is 0 Å². The average molecular weight is 202 g/mol. The predicted octanol–water partition coefficient (Wildman–Crippen LogP) is 1.65. The van der Waals surface area contributed by atoms with E-state index in [1.807, 2.05) is 19.6 Å². The highest BCUT2D eigenvalue weighted by Crippen LogP contribution is 2.22. The van der Waals surface area contributed by atoms with E-state index in [9.17, 15) is 9.90 Å². The number of carbonyl (C=O) groups is 1. The van der Waals surface area contributed by atoms with Crippen LogP contribution in [0.1, 0.15) is 13.8 Å². The zero-order valence-corrected chi connectivity index (χ0v) is 9.88. The Bertz CT molecular complexity index is 236. The lowest BCUT2D eigenvalue weighted by Gasteiger charge is -2.32. The maximum absolute atomic E-state index is 10.5. The van der Waals surface area contributed by atoms with Crippen molar-refractivity contribution in [3.8, 4) is 0 Å². The van der Waals surface area contributed by atoms with Gasteiger partial charge in [-0.25, -0.2) is 4.79 Å². The Balaban J connectivity index is 4.89. The minimum Gasteiger partial charge on any atom is -0.478 e. The van der Waals surface area contributed by atoms with Crippen molar-refractivity contribution in [2.24, 2.45) is 0 Å². The van der Waals surface area contributed by atoms with Crippen LogP contribution < -0.4 is 0 Å². The number of aliphatic carboxylic acids is 1. The molecule has 0 aromatic carbocycles. The summed E-state index contributed by atoms with van der Waals surface area (Å²) in [6.45, 7) is 9.17. The first-order chi connectivity index (χ1) is 5.58. The van der Waals surface area contributed by atoms with E-state index in [-0.39, 0.29) is 5.57 Å². The van der Waals surface area contributed by atoms with E-state index in [4.69, 9.17) is 5.11 Å². The Morgan fingerprint density at radius 1 is 1.38 bits per heavy atom. The van der Waals surface area contributed by atoms with Crippen LogP contribution in [0.3, 0.4) is 0 Å². The molecule has 1 atom stereocenters. The van der Waals surface area contributed by atoms with Gasteiger partial charge in [0.05, 0.1) is 13.3 Å². The van der Waals surface area contributed by atoms with Gasteiger partial charge in [0.15, 0.2) is 0 Å². The SMILES string of the molecule is CC(=CC(C)(O)[Si](C)(C)C)C(=O)O. The molecule has 0 rings (SSSR count). The summed E-state index contributed by atoms with van der Waals surface area (Å²) < 4.78 is 0. The van der Waals surface area contributed by atoms with Gasteiger partial charge in [-0.2, -0.15) is 0 Å². The minimum absolute atomic E-state index is 0.201. The molecule has 0 aliphatic carbocycles. The van der Waals surface area contributed by atoms with E-state index in [1.54, 1.807) is 6.92 Å². The molecule has 0 heterocycles. The molecule has 0 aromatic rings. The lowest BCUT2D eigenvalue weighted by Crippen LogP contribution is -2.48. The minimum atomic E-state index is -1.78. The monoisotopic (exact) mass is 202 g/mol. The summed E-state index contributed by atoms with van der Waals surface area (Å²) in [6, 6.07) is 0. The molecule has 0 fully saturated rings. The molecule has 4 heteroatoms. The van der Waals surface area contributed by atoms with Gasteiger partial charge in [-0.05, 0) is 19.9 Å². The van der Waals surface area contributed by atoms with E-state index in [0.29, 0.717) is 0 Å². The maximum Gasteiger partial charge on any atom is 0.331 e. The predicted molar refractivity (Wildman–Crippen MR) is 55.4 cm³/mol. The second kappa shape index (κ2) is 3.63. The lowest BCUT2D eigenvalue weighted by atomic mass is 10.2. The van der Waals surface area contributed by atoms with E-state index in [2.05, 4.69) is 0 Å². The van der Waals surface area contributed by atoms with Gasteiger partial charge in [-0.15, -0.1) is 0 Å². The van der Waals surface area contributed by atoms with Crippen molar-refractivity contribution >= 4 is 14.0 Å². The van der Waals surface area contributed by atoms with Crippen molar-refractivity contribution in [2.75, 3.05) is 0 Å². The molecule has 0 saturated heterocycles. The van der Waals surface area contributed by atoms with Crippen molar-refractivity contribution in [3.63, 3.8) is 0 Å². The fourth-order valence-electron chi connectivity index (χ4n) is 0.700. The molecule has 3 nitrogen and oxygen atoms in total. The summed E-state index contributed by atoms with van der Waals surface area (Å²) in [6.07, 6.45) is 1.45. The molecule has 0 radical (unpaired) electrons. The van der Waals surface area contributed by atoms with Gasteiger partial charge in [0.25, 0.3) is 0 Å². The average Bonchev–Trinajstić information content (AvgIpc) is 1.83. The summed E-state index contributed by atoms with van der Waals surface area (Å²) in [5.74, 6) is -0.974. The normalized spacial score (nSPS) is 18.2. The fraction of sp³-hybridized carbons (Fsp3) is 0.667. The van der Waals surface area contributed by atoms with Gasteiger partial charge in [0.2, 0.25) is 0 Å². The quantitative estimate of drug-likeness (QED) is 0.540. The van der Waals surface area contributed by atoms with E-state index < -0.39 is 19.3 Å². The van der Waals surface area contributed by atoms with Crippen LogP contribution >= 0.6 is 0 Å². The molecular weight excluding hydrogens is 184 g/mol. The number of rotatable bonds is 3. The Kier molecular flexibility index (Phi) is 3.46. The standard InChI is InChI=1S/C9H18O3Si/c1-7(8(10)11)6-9(2,12)13(3,4)5/h6,12H,1-5H3,(H,10,11). The van der Waals surface area contributed by atoms with E-state index >= 15 is 0 Å². The number of hydrogen-bond acceptors (Lipinski definition) is 2. The summed E-state index contributed by atoms with van der Waals surface area (Å²) in [4.78, 5) is 10.5. The Hall–Kier alpha value is -0.613. The first-order valence-corrected chi connectivity index (χ1v) is 7.73. The van der Waals surface area contributed by atoms with E-state index in [1.165, 1.54) is 13.0 Å². The second-order valence-electron chi connectivity index (χ2n) is 4.53. The maximum atomic E-state index is 10.5. The first kappa shape index (κ1) is 12.4. The summed E-state index contributed by atoms with van der Waals surface area (Å²) in [5.41, 5.74) is 0.201. The third kappa shape index (κ3) is 3.32. The lowest BCUT2D eigenvalue weighted by molar-refractivity contribution is -0.132. The van der Waals surface area contributed by atoms with Gasteiger partial charge >= 0.3 is 5.97 Å². The van der Waals surface area contributed by atoms with E-state index in [0.717, 1.165) is 0 Å². The van der Waals surface area contributed by atoms with Gasteiger partial charge in [-0.1, -0.05) is 19.6 Å². The molecule has 0 spiro atoms. The van der Waals surface area contributed by atoms with Crippen molar-refractivity contribution in [2.45, 2.75) is 38.7 Å². The zero-order chi connectivity index (χ0) is 10.9. The molecule has 13 heavy (non-hydrogen) atoms. The van der Waals surface area contributed by atoms with Crippen LogP contribution in [0, 0.1) is 0 Å².